The van der Waals surface area contributed by atoms with Gasteiger partial charge in [0.2, 0.25) is 29.5 Å². The van der Waals surface area contributed by atoms with E-state index >= 15 is 4.79 Å². The largest absolute Gasteiger partial charge is 0.465 e. The fourth-order valence-electron chi connectivity index (χ4n) is 14.3. The van der Waals surface area contributed by atoms with Crippen LogP contribution in [0.5, 0.6) is 0 Å². The maximum Gasteiger partial charge on any atom is 0.306 e. The number of carbonyl (C=O) groups is 17. The first kappa shape index (κ1) is 102. The molecule has 40 heteroatoms. The summed E-state index contributed by atoms with van der Waals surface area (Å²) in [5.74, 6) is -12.1. The number of hydrogen-bond donors (Lipinski definition) is 4. The van der Waals surface area contributed by atoms with E-state index in [0.717, 1.165) is 85.9 Å². The number of ether oxygens (including phenoxy) is 17. The minimum Gasteiger partial charge on any atom is -0.465 e. The van der Waals surface area contributed by atoms with Crippen LogP contribution in [0.4, 0.5) is 0 Å². The SMILES string of the molecule is CC(=O)NC1C(OC(C)=O)[C@H](OC(C)=O)C(COC(C)=O)O[C@@H]1OCCCCC(=O)N(CCNC(=O)CCOC(=O)CCC(=O)CO[C@@H]1OC(COC(C)=O)[C@H](OC(C)=O)C(OC(C)=O)C1OC(C)=O)CCN(CCNC(=O)CCCCO[C@@H]1OC(COC(C)=O)[C@H](OC(C)=O)C(OC(C)=O)C1NC(C)=O)C(c1ccccc1)(c1ccccc1)c1ccccc1. The number of esters is 11. The third kappa shape index (κ3) is 34.2. The molecule has 3 aliphatic heterocycles. The summed E-state index contributed by atoms with van der Waals surface area (Å²) in [6.07, 6.45) is -19.1. The van der Waals surface area contributed by atoms with E-state index in [1.54, 1.807) is 4.90 Å². The van der Waals surface area contributed by atoms with Crippen molar-refractivity contribution < 1.29 is 162 Å². The Bertz CT molecular complexity index is 4020. The van der Waals surface area contributed by atoms with Crippen LogP contribution in [0.1, 0.15) is 158 Å². The van der Waals surface area contributed by atoms with Crippen LogP contribution in [0.25, 0.3) is 0 Å². The molecule has 688 valence electrons. The van der Waals surface area contributed by atoms with E-state index in [9.17, 15) is 76.7 Å². The van der Waals surface area contributed by atoms with Crippen LogP contribution in [0, 0.1) is 0 Å². The number of Topliss-reactive ketones (excluding diaryl/α,β-unsaturated/α-hetero) is 1. The highest BCUT2D eigenvalue weighted by Gasteiger charge is 2.55. The Morgan fingerprint density at radius 1 is 0.344 bits per heavy atom. The van der Waals surface area contributed by atoms with Crippen molar-refractivity contribution in [2.75, 3.05) is 85.5 Å². The summed E-state index contributed by atoms with van der Waals surface area (Å²) < 4.78 is 95.5. The lowest BCUT2D eigenvalue weighted by Gasteiger charge is -2.46. The van der Waals surface area contributed by atoms with Crippen molar-refractivity contribution >= 4 is 101 Å². The number of rotatable bonds is 49. The van der Waals surface area contributed by atoms with Crippen LogP contribution < -0.4 is 21.3 Å². The number of unbranched alkanes of at least 4 members (excludes halogenated alkanes) is 2. The predicted octanol–water partition coefficient (Wildman–Crippen LogP) is 2.41. The standard InChI is InChI=1S/C85H114N6O34/c1-50(92)88-73-78(119-58(9)100)75(116-55(6)97)66(47-112-52(3)94)123-82(73)110-43-24-22-32-69(105)87-38-40-91(85(62-26-16-13-17-27-62,63-28-18-14-19-29-63)64-30-20-15-21-31-64)42-41-90(71(107)33-23-25-44-111-83-74(89-51(2)93)79(120-59(10)101)76(117-56(7)98)67(124-83)48-113-53(4)95)39-37-86-70(106)36-45-109-72(108)35-34-65(104)46-115-84-81(122-61(12)103)80(121-60(11)102)77(118-57(8)99)68(125-84)49-114-54(5)96/h13-21,26-31,66-68,73-84H,22-25,32-49H2,1-12H3,(H,86,106)(H,87,105)(H,88,92)(H,89,93)/t66?,67?,68?,73?,74?,75-,76+,77-,78?,79?,80?,81?,82+,83-,84+/m0/s1. The number of carbonyl (C=O) groups excluding carboxylic acids is 17. The first-order valence-corrected chi connectivity index (χ1v) is 40.8. The zero-order chi connectivity index (χ0) is 91.9. The van der Waals surface area contributed by atoms with E-state index in [0.29, 0.717) is 0 Å². The van der Waals surface area contributed by atoms with Gasteiger partial charge in [0.15, 0.2) is 67.4 Å². The van der Waals surface area contributed by atoms with Gasteiger partial charge in [-0.2, -0.15) is 0 Å². The second kappa shape index (κ2) is 52.4. The van der Waals surface area contributed by atoms with Crippen molar-refractivity contribution in [3.05, 3.63) is 108 Å². The summed E-state index contributed by atoms with van der Waals surface area (Å²) in [6.45, 7) is 10.4. The Morgan fingerprint density at radius 2 is 0.712 bits per heavy atom. The van der Waals surface area contributed by atoms with Gasteiger partial charge in [-0.3, -0.25) is 86.4 Å². The van der Waals surface area contributed by atoms with Crippen molar-refractivity contribution in [1.29, 1.82) is 0 Å². The third-order valence-electron chi connectivity index (χ3n) is 19.3. The summed E-state index contributed by atoms with van der Waals surface area (Å²) in [4.78, 5) is 221. The predicted molar refractivity (Wildman–Crippen MR) is 429 cm³/mol. The zero-order valence-electron chi connectivity index (χ0n) is 72.2. The fourth-order valence-corrected chi connectivity index (χ4v) is 14.3. The molecule has 0 saturated carbocycles. The van der Waals surface area contributed by atoms with E-state index in [1.165, 1.54) is 13.8 Å². The van der Waals surface area contributed by atoms with Gasteiger partial charge in [0, 0.05) is 155 Å². The number of hydrogen-bond acceptors (Lipinski definition) is 35. The van der Waals surface area contributed by atoms with Gasteiger partial charge >= 0.3 is 65.7 Å². The lowest BCUT2D eigenvalue weighted by molar-refractivity contribution is -0.306. The average molecular weight is 1760 g/mol. The van der Waals surface area contributed by atoms with Gasteiger partial charge in [0.1, 0.15) is 63.4 Å². The van der Waals surface area contributed by atoms with Crippen molar-refractivity contribution in [2.24, 2.45) is 0 Å². The molecule has 0 spiro atoms. The molecule has 3 fully saturated rings. The molecule has 3 aliphatic rings. The Kier molecular flexibility index (Phi) is 42.9. The van der Waals surface area contributed by atoms with Crippen molar-refractivity contribution in [3.8, 4) is 0 Å². The van der Waals surface area contributed by atoms with Crippen LogP contribution in [-0.4, -0.2) is 288 Å². The molecule has 3 aromatic carbocycles. The number of amides is 5. The molecule has 6 rings (SSSR count). The lowest BCUT2D eigenvalue weighted by Crippen LogP contribution is -2.66. The van der Waals surface area contributed by atoms with E-state index < -0.39 is 238 Å². The molecular weight excluding hydrogens is 1650 g/mol. The van der Waals surface area contributed by atoms with Gasteiger partial charge in [0.25, 0.3) is 0 Å². The normalized spacial score (nSPS) is 22.0. The van der Waals surface area contributed by atoms with E-state index in [4.69, 9.17) is 80.5 Å². The van der Waals surface area contributed by atoms with Gasteiger partial charge in [-0.05, 0) is 42.4 Å². The van der Waals surface area contributed by atoms with Crippen LogP contribution in [-0.2, 0) is 168 Å². The van der Waals surface area contributed by atoms with Crippen LogP contribution in [0.2, 0.25) is 0 Å². The summed E-state index contributed by atoms with van der Waals surface area (Å²) in [6, 6.07) is 26.3. The highest BCUT2D eigenvalue weighted by Crippen LogP contribution is 2.43. The van der Waals surface area contributed by atoms with Crippen molar-refractivity contribution in [1.82, 2.24) is 31.1 Å². The Hall–Kier alpha value is -11.4. The van der Waals surface area contributed by atoms with Crippen molar-refractivity contribution in [3.63, 3.8) is 0 Å². The second-order valence-corrected chi connectivity index (χ2v) is 29.4. The first-order chi connectivity index (χ1) is 59.5. The quantitative estimate of drug-likeness (QED) is 0.0273. The summed E-state index contributed by atoms with van der Waals surface area (Å²) >= 11 is 0. The molecule has 40 nitrogen and oxygen atoms in total. The molecule has 15 atom stereocenters. The number of nitrogens with one attached hydrogen (secondary N) is 4. The third-order valence-corrected chi connectivity index (χ3v) is 19.3. The van der Waals surface area contributed by atoms with E-state index in [1.807, 2.05) is 91.0 Å². The molecule has 0 aliphatic carbocycles. The lowest BCUT2D eigenvalue weighted by atomic mass is 9.75. The maximum absolute atomic E-state index is 15.1. The van der Waals surface area contributed by atoms with Crippen molar-refractivity contribution in [2.45, 2.75) is 238 Å². The molecule has 0 radical (unpaired) electrons. The van der Waals surface area contributed by atoms with Crippen LogP contribution in [0.15, 0.2) is 91.0 Å². The summed E-state index contributed by atoms with van der Waals surface area (Å²) in [5, 5.41) is 11.2. The summed E-state index contributed by atoms with van der Waals surface area (Å²) in [5.41, 5.74) is 1.27. The molecule has 4 N–H and O–H groups in total. The molecule has 0 bridgehead atoms. The molecule has 0 aromatic heterocycles. The van der Waals surface area contributed by atoms with E-state index in [2.05, 4.69) is 26.2 Å². The highest BCUT2D eigenvalue weighted by atomic mass is 16.7. The minimum atomic E-state index is -1.68. The number of nitrogens with zero attached hydrogens (tertiary/aromatic N) is 2. The molecule has 3 heterocycles. The molecule has 9 unspecified atom stereocenters. The Balaban J connectivity index is 1.21. The first-order valence-electron chi connectivity index (χ1n) is 40.8. The molecular formula is C85H114N6O34. The Labute approximate surface area is 722 Å². The molecule has 5 amide bonds. The number of benzene rings is 3. The molecule has 3 aromatic rings. The van der Waals surface area contributed by atoms with Gasteiger partial charge < -0.3 is 107 Å². The fraction of sp³-hybridized carbons (Fsp3) is 0.588. The van der Waals surface area contributed by atoms with Gasteiger partial charge in [-0.1, -0.05) is 91.0 Å². The van der Waals surface area contributed by atoms with Gasteiger partial charge in [0.05, 0.1) is 18.4 Å². The van der Waals surface area contributed by atoms with E-state index in [-0.39, 0.29) is 103 Å². The second-order valence-electron chi connectivity index (χ2n) is 29.4. The molecule has 3 saturated heterocycles. The summed E-state index contributed by atoms with van der Waals surface area (Å²) in [7, 11) is 0. The van der Waals surface area contributed by atoms with Gasteiger partial charge in [-0.25, -0.2) is 0 Å². The van der Waals surface area contributed by atoms with Crippen LogP contribution in [0.3, 0.4) is 0 Å². The Morgan fingerprint density at radius 3 is 1.12 bits per heavy atom. The van der Waals surface area contributed by atoms with Crippen LogP contribution >= 0.6 is 0 Å². The number of ketones is 1. The van der Waals surface area contributed by atoms with Gasteiger partial charge in [-0.15, -0.1) is 0 Å². The molecule has 125 heavy (non-hydrogen) atoms. The smallest absolute Gasteiger partial charge is 0.306 e. The monoisotopic (exact) mass is 1760 g/mol. The topological polar surface area (TPSA) is 502 Å². The zero-order valence-corrected chi connectivity index (χ0v) is 72.2. The highest BCUT2D eigenvalue weighted by molar-refractivity contribution is 5.84. The maximum atomic E-state index is 15.1. The minimum absolute atomic E-state index is 0.00836. The average Bonchev–Trinajstić information content (AvgIpc) is 0.746.